The number of rotatable bonds is 8. The summed E-state index contributed by atoms with van der Waals surface area (Å²) in [4.78, 5) is 37.0. The van der Waals surface area contributed by atoms with Gasteiger partial charge in [-0.05, 0) is 66.2 Å². The minimum atomic E-state index is -0.427. The van der Waals surface area contributed by atoms with Crippen molar-refractivity contribution in [2.24, 2.45) is 0 Å². The van der Waals surface area contributed by atoms with Crippen LogP contribution in [0.1, 0.15) is 17.3 Å². The smallest absolute Gasteiger partial charge is 0.338 e. The molecule has 1 amide bonds. The highest BCUT2D eigenvalue weighted by molar-refractivity contribution is 5.94. The third-order valence-electron chi connectivity index (χ3n) is 5.71. The summed E-state index contributed by atoms with van der Waals surface area (Å²) in [6.45, 7) is 1.75. The zero-order valence-electron chi connectivity index (χ0n) is 20.4. The molecule has 0 bridgehead atoms. The molecule has 1 heterocycles. The van der Waals surface area contributed by atoms with Crippen molar-refractivity contribution in [1.82, 2.24) is 0 Å². The molecule has 0 spiro atoms. The quantitative estimate of drug-likeness (QED) is 0.258. The van der Waals surface area contributed by atoms with Crippen LogP contribution in [0.3, 0.4) is 0 Å². The van der Waals surface area contributed by atoms with Gasteiger partial charge in [-0.15, -0.1) is 0 Å². The number of anilines is 1. The van der Waals surface area contributed by atoms with E-state index in [1.807, 2.05) is 36.4 Å². The number of fused-ring (bicyclic) bond motifs is 2. The molecule has 5 aromatic rings. The van der Waals surface area contributed by atoms with Crippen molar-refractivity contribution in [3.8, 4) is 17.2 Å². The van der Waals surface area contributed by atoms with Gasteiger partial charge in [0.2, 0.25) is 11.2 Å². The highest BCUT2D eigenvalue weighted by Crippen LogP contribution is 2.26. The Bertz CT molecular complexity index is 1690. The van der Waals surface area contributed by atoms with Gasteiger partial charge in [-0.25, -0.2) is 4.79 Å². The summed E-state index contributed by atoms with van der Waals surface area (Å²) in [5.74, 6) is 0.127. The van der Waals surface area contributed by atoms with Crippen LogP contribution in [-0.2, 0) is 9.53 Å². The van der Waals surface area contributed by atoms with E-state index < -0.39 is 11.9 Å². The number of esters is 1. The van der Waals surface area contributed by atoms with Crippen LogP contribution in [0.15, 0.2) is 100 Å². The van der Waals surface area contributed by atoms with E-state index in [4.69, 9.17) is 18.6 Å². The van der Waals surface area contributed by atoms with Crippen LogP contribution in [0.5, 0.6) is 17.2 Å². The first-order valence-corrected chi connectivity index (χ1v) is 11.9. The molecule has 8 heteroatoms. The lowest BCUT2D eigenvalue weighted by Gasteiger charge is -2.09. The van der Waals surface area contributed by atoms with E-state index >= 15 is 0 Å². The van der Waals surface area contributed by atoms with Crippen molar-refractivity contribution in [2.45, 2.75) is 6.92 Å². The Balaban J connectivity index is 1.23. The lowest BCUT2D eigenvalue weighted by atomic mass is 10.1. The highest BCUT2D eigenvalue weighted by atomic mass is 16.5. The molecule has 0 aliphatic rings. The Morgan fingerprint density at radius 3 is 2.42 bits per heavy atom. The van der Waals surface area contributed by atoms with E-state index in [-0.39, 0.29) is 24.4 Å². The fourth-order valence-corrected chi connectivity index (χ4v) is 3.86. The summed E-state index contributed by atoms with van der Waals surface area (Å²) >= 11 is 0. The molecule has 0 aliphatic heterocycles. The Morgan fingerprint density at radius 2 is 1.63 bits per heavy atom. The first kappa shape index (κ1) is 24.6. The summed E-state index contributed by atoms with van der Waals surface area (Å²) in [7, 11) is 0. The van der Waals surface area contributed by atoms with Crippen molar-refractivity contribution in [1.29, 1.82) is 0 Å². The molecule has 0 radical (unpaired) electrons. The fourth-order valence-electron chi connectivity index (χ4n) is 3.86. The van der Waals surface area contributed by atoms with Crippen LogP contribution < -0.4 is 20.2 Å². The highest BCUT2D eigenvalue weighted by Gasteiger charge is 2.12. The number of amides is 1. The molecule has 0 aliphatic carbocycles. The largest absolute Gasteiger partial charge is 0.484 e. The van der Waals surface area contributed by atoms with E-state index in [1.54, 1.807) is 49.4 Å². The van der Waals surface area contributed by atoms with Crippen LogP contribution in [0.2, 0.25) is 0 Å². The van der Waals surface area contributed by atoms with Gasteiger partial charge in [0.05, 0.1) is 17.6 Å². The molecule has 5 rings (SSSR count). The monoisotopic (exact) mass is 509 g/mol. The summed E-state index contributed by atoms with van der Waals surface area (Å²) in [5, 5.41) is 5.08. The average molecular weight is 510 g/mol. The zero-order chi connectivity index (χ0) is 26.5. The summed E-state index contributed by atoms with van der Waals surface area (Å²) in [6.07, 6.45) is 1.26. The minimum Gasteiger partial charge on any atom is -0.484 e. The molecule has 8 nitrogen and oxygen atoms in total. The number of carbonyl (C=O) groups is 2. The van der Waals surface area contributed by atoms with E-state index in [1.165, 1.54) is 12.3 Å². The second kappa shape index (κ2) is 10.9. The molecule has 1 aromatic heterocycles. The van der Waals surface area contributed by atoms with E-state index in [2.05, 4.69) is 5.32 Å². The maximum Gasteiger partial charge on any atom is 0.338 e. The van der Waals surface area contributed by atoms with E-state index in [0.717, 1.165) is 10.8 Å². The Labute approximate surface area is 217 Å². The van der Waals surface area contributed by atoms with Gasteiger partial charge in [-0.1, -0.05) is 30.3 Å². The maximum atomic E-state index is 13.0. The van der Waals surface area contributed by atoms with Crippen molar-refractivity contribution >= 4 is 39.3 Å². The third kappa shape index (κ3) is 5.49. The van der Waals surface area contributed by atoms with Crippen LogP contribution in [-0.4, -0.2) is 25.1 Å². The Morgan fingerprint density at radius 1 is 0.868 bits per heavy atom. The SMILES string of the molecule is CCOC(=O)c1ccc(NC(=O)COc2ccc3c(=O)c(Oc4ccc5ccccc5c4)coc3c2)cc1. The second-order valence-corrected chi connectivity index (χ2v) is 8.33. The first-order valence-electron chi connectivity index (χ1n) is 11.9. The molecule has 190 valence electrons. The summed E-state index contributed by atoms with van der Waals surface area (Å²) in [6, 6.07) is 24.5. The van der Waals surface area contributed by atoms with E-state index in [0.29, 0.717) is 33.7 Å². The van der Waals surface area contributed by atoms with Gasteiger partial charge in [0.25, 0.3) is 5.91 Å². The lowest BCUT2D eigenvalue weighted by molar-refractivity contribution is -0.118. The van der Waals surface area contributed by atoms with Crippen molar-refractivity contribution < 1.29 is 28.2 Å². The third-order valence-corrected chi connectivity index (χ3v) is 5.71. The average Bonchev–Trinajstić information content (AvgIpc) is 2.94. The number of hydrogen-bond donors (Lipinski definition) is 1. The van der Waals surface area contributed by atoms with Gasteiger partial charge in [-0.3, -0.25) is 9.59 Å². The maximum absolute atomic E-state index is 13.0. The van der Waals surface area contributed by atoms with Crippen molar-refractivity contribution in [3.05, 3.63) is 107 Å². The normalized spacial score (nSPS) is 10.8. The van der Waals surface area contributed by atoms with Gasteiger partial charge in [0, 0.05) is 11.8 Å². The lowest BCUT2D eigenvalue weighted by Crippen LogP contribution is -2.20. The Kier molecular flexibility index (Phi) is 7.04. The molecular weight excluding hydrogens is 486 g/mol. The van der Waals surface area contributed by atoms with Crippen molar-refractivity contribution in [3.63, 3.8) is 0 Å². The van der Waals surface area contributed by atoms with Gasteiger partial charge in [-0.2, -0.15) is 0 Å². The van der Waals surface area contributed by atoms with Gasteiger partial charge < -0.3 is 23.9 Å². The molecule has 4 aromatic carbocycles. The van der Waals surface area contributed by atoms with Crippen LogP contribution in [0, 0.1) is 0 Å². The molecule has 0 fully saturated rings. The van der Waals surface area contributed by atoms with E-state index in [9.17, 15) is 14.4 Å². The molecule has 0 atom stereocenters. The predicted octanol–water partition coefficient (Wildman–Crippen LogP) is 5.93. The fraction of sp³-hybridized carbons (Fsp3) is 0.100. The van der Waals surface area contributed by atoms with Crippen molar-refractivity contribution in [2.75, 3.05) is 18.5 Å². The first-order chi connectivity index (χ1) is 18.5. The summed E-state index contributed by atoms with van der Waals surface area (Å²) < 4.78 is 21.9. The number of ether oxygens (including phenoxy) is 3. The van der Waals surface area contributed by atoms with Gasteiger partial charge in [0.1, 0.15) is 23.3 Å². The number of hydrogen-bond acceptors (Lipinski definition) is 7. The molecule has 1 N–H and O–H groups in total. The van der Waals surface area contributed by atoms with Crippen LogP contribution in [0.25, 0.3) is 21.7 Å². The van der Waals surface area contributed by atoms with Crippen LogP contribution >= 0.6 is 0 Å². The molecule has 0 unspecified atom stereocenters. The topological polar surface area (TPSA) is 104 Å². The number of nitrogens with one attached hydrogen (secondary N) is 1. The molecule has 0 saturated carbocycles. The summed E-state index contributed by atoms with van der Waals surface area (Å²) in [5.41, 5.74) is 0.878. The van der Waals surface area contributed by atoms with Crippen LogP contribution in [0.4, 0.5) is 5.69 Å². The second-order valence-electron chi connectivity index (χ2n) is 8.33. The predicted molar refractivity (Wildman–Crippen MR) is 143 cm³/mol. The Hall–Kier alpha value is -5.11. The number of benzene rings is 4. The zero-order valence-corrected chi connectivity index (χ0v) is 20.4. The van der Waals surface area contributed by atoms with Gasteiger partial charge in [0.15, 0.2) is 6.61 Å². The molecular formula is C30H23NO7. The number of carbonyl (C=O) groups excluding carboxylic acids is 2. The molecule has 38 heavy (non-hydrogen) atoms. The molecule has 0 saturated heterocycles. The standard InChI is InChI=1S/C30H23NO7/c1-2-35-30(34)20-7-10-22(11-8-20)31-28(32)18-36-23-13-14-25-26(16-23)37-17-27(29(25)33)38-24-12-9-19-5-3-4-6-21(19)15-24/h3-17H,2,18H2,1H3,(H,31,32). The van der Waals surface area contributed by atoms with Gasteiger partial charge >= 0.3 is 5.97 Å². The minimum absolute atomic E-state index is 0.0646.